The maximum atomic E-state index is 13.1. The van der Waals surface area contributed by atoms with Gasteiger partial charge in [-0.2, -0.15) is 0 Å². The van der Waals surface area contributed by atoms with Crippen molar-refractivity contribution in [1.29, 1.82) is 0 Å². The highest BCUT2D eigenvalue weighted by atomic mass is 32.2. The third kappa shape index (κ3) is 4.76. The van der Waals surface area contributed by atoms with Gasteiger partial charge in [-0.05, 0) is 57.0 Å². The van der Waals surface area contributed by atoms with E-state index in [4.69, 9.17) is 15.2 Å². The van der Waals surface area contributed by atoms with Crippen LogP contribution >= 0.6 is 11.8 Å². The van der Waals surface area contributed by atoms with Gasteiger partial charge in [0.05, 0.1) is 11.5 Å². The fourth-order valence-corrected chi connectivity index (χ4v) is 6.02. The number of carbonyl (C=O) groups is 1. The van der Waals surface area contributed by atoms with Crippen molar-refractivity contribution in [2.24, 2.45) is 5.73 Å². The lowest BCUT2D eigenvalue weighted by atomic mass is 9.98. The van der Waals surface area contributed by atoms with Crippen molar-refractivity contribution < 1.29 is 22.7 Å². The second-order valence-corrected chi connectivity index (χ2v) is 10.4. The number of nitrogens with zero attached hydrogens (tertiary/aromatic N) is 2. The first-order valence-electron chi connectivity index (χ1n) is 9.55. The first-order valence-corrected chi connectivity index (χ1v) is 12.0. The van der Waals surface area contributed by atoms with E-state index in [-0.39, 0.29) is 31.0 Å². The van der Waals surface area contributed by atoms with Crippen LogP contribution in [0, 0.1) is 13.8 Å². The van der Waals surface area contributed by atoms with Crippen molar-refractivity contribution in [3.05, 3.63) is 41.7 Å². The maximum Gasteiger partial charge on any atom is 0.239 e. The van der Waals surface area contributed by atoms with Crippen LogP contribution in [0.2, 0.25) is 0 Å². The molecule has 162 valence electrons. The number of hydrogen-bond acceptors (Lipinski definition) is 8. The minimum Gasteiger partial charge on any atom is -0.493 e. The Kier molecular flexibility index (Phi) is 6.99. The van der Waals surface area contributed by atoms with Gasteiger partial charge in [-0.3, -0.25) is 4.79 Å². The van der Waals surface area contributed by atoms with E-state index in [9.17, 15) is 13.2 Å². The summed E-state index contributed by atoms with van der Waals surface area (Å²) >= 11 is 1.49. The Morgan fingerprint density at radius 1 is 1.17 bits per heavy atom. The Labute approximate surface area is 180 Å². The lowest BCUT2D eigenvalue weighted by Crippen LogP contribution is -2.53. The molecule has 1 aliphatic rings. The van der Waals surface area contributed by atoms with E-state index in [2.05, 4.69) is 9.97 Å². The molecule has 0 aliphatic carbocycles. The van der Waals surface area contributed by atoms with Crippen molar-refractivity contribution in [2.75, 3.05) is 25.6 Å². The molecule has 2 heterocycles. The Hall–Kier alpha value is -2.17. The number of benzene rings is 1. The second-order valence-electron chi connectivity index (χ2n) is 7.08. The molecule has 1 saturated heterocycles. The Morgan fingerprint density at radius 3 is 2.33 bits per heavy atom. The van der Waals surface area contributed by atoms with Crippen LogP contribution in [0.15, 0.2) is 40.4 Å². The van der Waals surface area contributed by atoms with Crippen molar-refractivity contribution >= 4 is 27.5 Å². The minimum atomic E-state index is -3.94. The first-order chi connectivity index (χ1) is 14.2. The molecule has 1 amide bonds. The van der Waals surface area contributed by atoms with Crippen molar-refractivity contribution in [2.45, 2.75) is 41.5 Å². The van der Waals surface area contributed by atoms with Crippen LogP contribution in [0.25, 0.3) is 0 Å². The number of ether oxygens (including phenoxy) is 2. The van der Waals surface area contributed by atoms with Gasteiger partial charge in [0, 0.05) is 30.4 Å². The van der Waals surface area contributed by atoms with Gasteiger partial charge in [-0.1, -0.05) is 11.8 Å². The smallest absolute Gasteiger partial charge is 0.239 e. The van der Waals surface area contributed by atoms with Crippen LogP contribution in [-0.2, 0) is 19.4 Å². The van der Waals surface area contributed by atoms with Crippen LogP contribution in [0.4, 0.5) is 0 Å². The number of hydrogen-bond donors (Lipinski definition) is 1. The fraction of sp³-hybridized carbons (Fsp3) is 0.450. The van der Waals surface area contributed by atoms with Crippen LogP contribution < -0.4 is 10.5 Å². The molecule has 2 N–H and O–H groups in total. The fourth-order valence-electron chi connectivity index (χ4n) is 3.34. The molecular weight excluding hydrogens is 426 g/mol. The Balaban J connectivity index is 1.62. The van der Waals surface area contributed by atoms with Crippen LogP contribution in [0.5, 0.6) is 5.75 Å². The monoisotopic (exact) mass is 451 g/mol. The zero-order valence-electron chi connectivity index (χ0n) is 17.0. The van der Waals surface area contributed by atoms with E-state index < -0.39 is 20.5 Å². The van der Waals surface area contributed by atoms with E-state index >= 15 is 0 Å². The maximum absolute atomic E-state index is 13.1. The predicted molar refractivity (Wildman–Crippen MR) is 113 cm³/mol. The summed E-state index contributed by atoms with van der Waals surface area (Å²) in [5.41, 5.74) is 7.33. The van der Waals surface area contributed by atoms with Gasteiger partial charge in [0.1, 0.15) is 5.75 Å². The van der Waals surface area contributed by atoms with Crippen molar-refractivity contribution in [3.8, 4) is 5.75 Å². The Bertz CT molecular complexity index is 983. The summed E-state index contributed by atoms with van der Waals surface area (Å²) in [4.78, 5) is 20.8. The summed E-state index contributed by atoms with van der Waals surface area (Å²) in [5.74, 6) is 0.348. The van der Waals surface area contributed by atoms with Crippen molar-refractivity contribution in [3.63, 3.8) is 0 Å². The molecular formula is C20H25N3O5S2. The molecule has 0 unspecified atom stereocenters. The summed E-state index contributed by atoms with van der Waals surface area (Å²) < 4.78 is 35.5. The largest absolute Gasteiger partial charge is 0.493 e. The molecule has 1 aromatic carbocycles. The molecule has 0 atom stereocenters. The lowest BCUT2D eigenvalue weighted by Gasteiger charge is -2.33. The summed E-state index contributed by atoms with van der Waals surface area (Å²) in [6.45, 7) is 4.63. The second kappa shape index (κ2) is 9.32. The van der Waals surface area contributed by atoms with Gasteiger partial charge in [-0.25, -0.2) is 18.4 Å². The highest BCUT2D eigenvalue weighted by Gasteiger charge is 2.51. The summed E-state index contributed by atoms with van der Waals surface area (Å²) in [6.07, 6.45) is 0.112. The number of aryl methyl sites for hydroxylation is 2. The number of rotatable bonds is 8. The quantitative estimate of drug-likeness (QED) is 0.368. The molecule has 0 saturated carbocycles. The van der Waals surface area contributed by atoms with E-state index in [0.717, 1.165) is 11.4 Å². The Morgan fingerprint density at radius 2 is 1.77 bits per heavy atom. The third-order valence-electron chi connectivity index (χ3n) is 4.94. The number of carbonyl (C=O) groups excluding carboxylic acids is 1. The SMILES string of the molecule is Cc1cc(C)nc(SCCOc2ccc(S(=O)(=O)C3(C(N)=O)CCOCC3)cc2)n1. The number of thioether (sulfide) groups is 1. The minimum absolute atomic E-state index is 0.0496. The summed E-state index contributed by atoms with van der Waals surface area (Å²) in [7, 11) is -3.94. The highest BCUT2D eigenvalue weighted by molar-refractivity contribution is 7.99. The summed E-state index contributed by atoms with van der Waals surface area (Å²) in [6, 6.07) is 7.98. The molecule has 1 aliphatic heterocycles. The number of primary amides is 1. The van der Waals surface area contributed by atoms with Gasteiger partial charge in [0.2, 0.25) is 5.91 Å². The highest BCUT2D eigenvalue weighted by Crippen LogP contribution is 2.35. The number of nitrogens with two attached hydrogens (primary N) is 1. The molecule has 8 nitrogen and oxygen atoms in total. The number of amides is 1. The van der Waals surface area contributed by atoms with E-state index in [1.807, 2.05) is 19.9 Å². The molecule has 2 aromatic rings. The topological polar surface area (TPSA) is 121 Å². The van der Waals surface area contributed by atoms with Gasteiger partial charge < -0.3 is 15.2 Å². The van der Waals surface area contributed by atoms with Crippen LogP contribution in [-0.4, -0.2) is 54.6 Å². The third-order valence-corrected chi connectivity index (χ3v) is 8.29. The van der Waals surface area contributed by atoms with Gasteiger partial charge >= 0.3 is 0 Å². The van der Waals surface area contributed by atoms with E-state index in [0.29, 0.717) is 23.3 Å². The molecule has 30 heavy (non-hydrogen) atoms. The zero-order valence-corrected chi connectivity index (χ0v) is 18.6. The van der Waals surface area contributed by atoms with Gasteiger partial charge in [0.15, 0.2) is 19.7 Å². The molecule has 1 aromatic heterocycles. The number of sulfone groups is 1. The molecule has 0 bridgehead atoms. The van der Waals surface area contributed by atoms with Gasteiger partial charge in [0.25, 0.3) is 0 Å². The van der Waals surface area contributed by atoms with E-state index in [1.165, 1.54) is 23.9 Å². The number of aromatic nitrogens is 2. The average Bonchev–Trinajstić information content (AvgIpc) is 2.71. The first kappa shape index (κ1) is 22.5. The zero-order chi connectivity index (χ0) is 21.8. The predicted octanol–water partition coefficient (Wildman–Crippen LogP) is 2.07. The molecule has 1 fully saturated rings. The van der Waals surface area contributed by atoms with E-state index in [1.54, 1.807) is 12.1 Å². The average molecular weight is 452 g/mol. The van der Waals surface area contributed by atoms with Crippen LogP contribution in [0.3, 0.4) is 0 Å². The van der Waals surface area contributed by atoms with Gasteiger partial charge in [-0.15, -0.1) is 0 Å². The molecule has 10 heteroatoms. The lowest BCUT2D eigenvalue weighted by molar-refractivity contribution is -0.122. The van der Waals surface area contributed by atoms with Crippen molar-refractivity contribution in [1.82, 2.24) is 9.97 Å². The normalized spacial score (nSPS) is 16.2. The van der Waals surface area contributed by atoms with Crippen LogP contribution in [0.1, 0.15) is 24.2 Å². The molecule has 3 rings (SSSR count). The summed E-state index contributed by atoms with van der Waals surface area (Å²) in [5, 5.41) is 0.700. The molecule has 0 radical (unpaired) electrons. The standard InChI is InChI=1S/C20H25N3O5S2/c1-14-13-15(2)23-19(22-14)29-12-11-28-16-3-5-17(6-4-16)30(25,26)20(18(21)24)7-9-27-10-8-20/h3-6,13H,7-12H2,1-2H3,(H2,21,24). The molecule has 0 spiro atoms.